The third kappa shape index (κ3) is 4.08. The number of benzene rings is 2. The highest BCUT2D eigenvalue weighted by Gasteiger charge is 2.29. The van der Waals surface area contributed by atoms with Gasteiger partial charge in [-0.1, -0.05) is 0 Å². The summed E-state index contributed by atoms with van der Waals surface area (Å²) in [6, 6.07) is 14.5. The number of ketones is 1. The van der Waals surface area contributed by atoms with E-state index in [1.54, 1.807) is 48.4 Å². The molecule has 6 nitrogen and oxygen atoms in total. The van der Waals surface area contributed by atoms with Crippen LogP contribution in [0.2, 0.25) is 0 Å². The zero-order valence-corrected chi connectivity index (χ0v) is 17.2. The largest absolute Gasteiger partial charge is 0.497 e. The number of methoxy groups -OCH3 is 1. The van der Waals surface area contributed by atoms with Crippen LogP contribution >= 0.6 is 0 Å². The van der Waals surface area contributed by atoms with Crippen LogP contribution in [0.15, 0.2) is 48.5 Å². The first-order chi connectivity index (χ1) is 14.6. The Morgan fingerprint density at radius 1 is 0.900 bits per heavy atom. The molecule has 2 saturated heterocycles. The summed E-state index contributed by atoms with van der Waals surface area (Å²) in [5.74, 6) is 0.907. The van der Waals surface area contributed by atoms with E-state index in [2.05, 4.69) is 0 Å². The molecule has 0 bridgehead atoms. The lowest BCUT2D eigenvalue weighted by atomic mass is 9.88. The van der Waals surface area contributed by atoms with Gasteiger partial charge in [-0.3, -0.25) is 14.4 Å². The van der Waals surface area contributed by atoms with E-state index in [0.29, 0.717) is 43.5 Å². The van der Waals surface area contributed by atoms with Gasteiger partial charge in [0.1, 0.15) is 5.75 Å². The van der Waals surface area contributed by atoms with Crippen molar-refractivity contribution in [2.75, 3.05) is 31.6 Å². The quantitative estimate of drug-likeness (QED) is 0.712. The molecule has 2 heterocycles. The fraction of sp³-hybridized carbons (Fsp3) is 0.375. The highest BCUT2D eigenvalue weighted by Crippen LogP contribution is 2.25. The highest BCUT2D eigenvalue weighted by atomic mass is 16.5. The Morgan fingerprint density at radius 2 is 1.53 bits per heavy atom. The van der Waals surface area contributed by atoms with Gasteiger partial charge in [-0.2, -0.15) is 0 Å². The molecule has 2 fully saturated rings. The van der Waals surface area contributed by atoms with Crippen LogP contribution in [-0.4, -0.2) is 49.2 Å². The molecule has 0 aromatic heterocycles. The van der Waals surface area contributed by atoms with Gasteiger partial charge >= 0.3 is 0 Å². The minimum absolute atomic E-state index is 0.0235. The maximum atomic E-state index is 12.9. The maximum Gasteiger partial charge on any atom is 0.253 e. The molecule has 0 radical (unpaired) electrons. The number of carbonyl (C=O) groups excluding carboxylic acids is 3. The molecule has 2 aliphatic heterocycles. The van der Waals surface area contributed by atoms with Crippen LogP contribution < -0.4 is 9.64 Å². The number of rotatable bonds is 5. The van der Waals surface area contributed by atoms with E-state index in [4.69, 9.17) is 4.74 Å². The summed E-state index contributed by atoms with van der Waals surface area (Å²) in [7, 11) is 1.60. The van der Waals surface area contributed by atoms with Crippen molar-refractivity contribution in [2.45, 2.75) is 25.7 Å². The van der Waals surface area contributed by atoms with Crippen molar-refractivity contribution in [3.8, 4) is 5.75 Å². The van der Waals surface area contributed by atoms with Gasteiger partial charge < -0.3 is 14.5 Å². The molecule has 0 aliphatic carbocycles. The number of piperidine rings is 1. The molecule has 0 N–H and O–H groups in total. The number of anilines is 1. The van der Waals surface area contributed by atoms with Crippen LogP contribution in [-0.2, 0) is 4.79 Å². The topological polar surface area (TPSA) is 66.9 Å². The van der Waals surface area contributed by atoms with Crippen molar-refractivity contribution < 1.29 is 19.1 Å². The molecule has 2 aromatic carbocycles. The Morgan fingerprint density at radius 3 is 2.10 bits per heavy atom. The Hall–Kier alpha value is -3.15. The Kier molecular flexibility index (Phi) is 5.84. The summed E-state index contributed by atoms with van der Waals surface area (Å²) in [6.07, 6.45) is 2.79. The number of hydrogen-bond donors (Lipinski definition) is 0. The van der Waals surface area contributed by atoms with E-state index in [1.807, 2.05) is 17.0 Å². The second-order valence-corrected chi connectivity index (χ2v) is 7.86. The molecule has 2 aromatic rings. The van der Waals surface area contributed by atoms with Crippen LogP contribution in [0, 0.1) is 5.92 Å². The summed E-state index contributed by atoms with van der Waals surface area (Å²) in [4.78, 5) is 41.1. The average molecular weight is 406 g/mol. The lowest BCUT2D eigenvalue weighted by molar-refractivity contribution is -0.117. The number of carbonyl (C=O) groups is 3. The van der Waals surface area contributed by atoms with E-state index >= 15 is 0 Å². The zero-order valence-electron chi connectivity index (χ0n) is 17.2. The van der Waals surface area contributed by atoms with Crippen LogP contribution in [0.5, 0.6) is 5.75 Å². The molecule has 4 rings (SSSR count). The fourth-order valence-corrected chi connectivity index (χ4v) is 4.22. The van der Waals surface area contributed by atoms with E-state index in [0.717, 1.165) is 24.4 Å². The Bertz CT molecular complexity index is 929. The van der Waals surface area contributed by atoms with Crippen molar-refractivity contribution in [1.29, 1.82) is 0 Å². The number of likely N-dealkylation sites (tertiary alicyclic amines) is 1. The van der Waals surface area contributed by atoms with Crippen LogP contribution in [0.1, 0.15) is 46.4 Å². The van der Waals surface area contributed by atoms with Crippen LogP contribution in [0.4, 0.5) is 5.69 Å². The molecule has 0 saturated carbocycles. The van der Waals surface area contributed by atoms with Crippen LogP contribution in [0.3, 0.4) is 0 Å². The van der Waals surface area contributed by atoms with Crippen molar-refractivity contribution >= 4 is 23.3 Å². The first-order valence-corrected chi connectivity index (χ1v) is 10.4. The molecule has 6 heteroatoms. The second-order valence-electron chi connectivity index (χ2n) is 7.86. The summed E-state index contributed by atoms with van der Waals surface area (Å²) in [5, 5.41) is 0. The number of nitrogens with zero attached hydrogens (tertiary/aromatic N) is 2. The molecule has 2 aliphatic rings. The van der Waals surface area contributed by atoms with Crippen molar-refractivity contribution in [1.82, 2.24) is 4.90 Å². The normalized spacial score (nSPS) is 17.3. The van der Waals surface area contributed by atoms with E-state index in [9.17, 15) is 14.4 Å². The van der Waals surface area contributed by atoms with Gasteiger partial charge in [-0.05, 0) is 67.8 Å². The monoisotopic (exact) mass is 406 g/mol. The van der Waals surface area contributed by atoms with Gasteiger partial charge in [0, 0.05) is 48.8 Å². The molecular formula is C24H26N2O4. The SMILES string of the molecule is COc1ccc(C(=O)C2CCN(C(=O)c3ccc(N4CCCC4=O)cc3)CC2)cc1. The Balaban J connectivity index is 1.34. The fourth-order valence-electron chi connectivity index (χ4n) is 4.22. The van der Waals surface area contributed by atoms with E-state index in [-0.39, 0.29) is 23.5 Å². The van der Waals surface area contributed by atoms with E-state index in [1.165, 1.54) is 0 Å². The third-order valence-electron chi connectivity index (χ3n) is 6.03. The van der Waals surface area contributed by atoms with Gasteiger partial charge in [0.25, 0.3) is 5.91 Å². The maximum absolute atomic E-state index is 12.9. The average Bonchev–Trinajstić information content (AvgIpc) is 3.24. The summed E-state index contributed by atoms with van der Waals surface area (Å²) in [6.45, 7) is 1.87. The standard InChI is InChI=1S/C24H26N2O4/c1-30-21-10-6-17(7-11-21)23(28)18-12-15-25(16-13-18)24(29)19-4-8-20(9-5-19)26-14-2-3-22(26)27/h4-11,18H,2-3,12-16H2,1H3. The van der Waals surface area contributed by atoms with Gasteiger partial charge in [0.2, 0.25) is 5.91 Å². The number of ether oxygens (including phenoxy) is 1. The molecule has 0 unspecified atom stereocenters. The molecular weight excluding hydrogens is 380 g/mol. The minimum Gasteiger partial charge on any atom is -0.497 e. The van der Waals surface area contributed by atoms with Gasteiger partial charge in [-0.15, -0.1) is 0 Å². The van der Waals surface area contributed by atoms with Gasteiger partial charge in [-0.25, -0.2) is 0 Å². The predicted molar refractivity (Wildman–Crippen MR) is 114 cm³/mol. The molecule has 0 spiro atoms. The summed E-state index contributed by atoms with van der Waals surface area (Å²) < 4.78 is 5.14. The molecule has 156 valence electrons. The van der Waals surface area contributed by atoms with Gasteiger partial charge in [0.15, 0.2) is 5.78 Å². The lowest BCUT2D eigenvalue weighted by Crippen LogP contribution is -2.40. The second kappa shape index (κ2) is 8.69. The first-order valence-electron chi connectivity index (χ1n) is 10.4. The molecule has 30 heavy (non-hydrogen) atoms. The minimum atomic E-state index is -0.0639. The smallest absolute Gasteiger partial charge is 0.253 e. The molecule has 0 atom stereocenters. The number of amides is 2. The summed E-state index contributed by atoms with van der Waals surface area (Å²) >= 11 is 0. The first kappa shape index (κ1) is 20.1. The zero-order chi connectivity index (χ0) is 21.1. The molecule has 2 amide bonds. The number of Topliss-reactive ketones (excluding diaryl/α,β-unsaturated/α-hetero) is 1. The highest BCUT2D eigenvalue weighted by molar-refractivity contribution is 5.99. The Labute approximate surface area is 176 Å². The van der Waals surface area contributed by atoms with Crippen molar-refractivity contribution in [3.05, 3.63) is 59.7 Å². The predicted octanol–water partition coefficient (Wildman–Crippen LogP) is 3.56. The summed E-state index contributed by atoms with van der Waals surface area (Å²) in [5.41, 5.74) is 2.15. The number of hydrogen-bond acceptors (Lipinski definition) is 4. The van der Waals surface area contributed by atoms with Crippen LogP contribution in [0.25, 0.3) is 0 Å². The van der Waals surface area contributed by atoms with Gasteiger partial charge in [0.05, 0.1) is 7.11 Å². The van der Waals surface area contributed by atoms with Crippen molar-refractivity contribution in [3.63, 3.8) is 0 Å². The third-order valence-corrected chi connectivity index (χ3v) is 6.03. The lowest BCUT2D eigenvalue weighted by Gasteiger charge is -2.31. The van der Waals surface area contributed by atoms with Crippen molar-refractivity contribution in [2.24, 2.45) is 5.92 Å². The van der Waals surface area contributed by atoms with E-state index < -0.39 is 0 Å².